The monoisotopic (exact) mass is 397 g/mol. The fourth-order valence-electron chi connectivity index (χ4n) is 1.47. The second-order valence-electron chi connectivity index (χ2n) is 4.14. The summed E-state index contributed by atoms with van der Waals surface area (Å²) in [5.41, 5.74) is 0.582. The van der Waals surface area contributed by atoms with Gasteiger partial charge < -0.3 is 5.32 Å². The van der Waals surface area contributed by atoms with Gasteiger partial charge in [0, 0.05) is 22.8 Å². The zero-order valence-corrected chi connectivity index (χ0v) is 14.2. The van der Waals surface area contributed by atoms with Crippen molar-refractivity contribution in [2.24, 2.45) is 0 Å². The summed E-state index contributed by atoms with van der Waals surface area (Å²) in [5, 5.41) is 3.17. The Morgan fingerprint density at radius 2 is 1.89 bits per heavy atom. The molecule has 0 aliphatic heterocycles. The lowest BCUT2D eigenvalue weighted by Crippen LogP contribution is -2.34. The molecule has 1 aromatic carbocycles. The quantitative estimate of drug-likeness (QED) is 0.520. The standard InChI is InChI=1S/C12H20IN3O2S/c1-3-14-9-4-10-16(2)19(17,18)15-12-7-5-11(13)6-8-12/h5-8,14-15H,3-4,9-10H2,1-2H3. The first-order valence-electron chi connectivity index (χ1n) is 6.16. The van der Waals surface area contributed by atoms with Crippen LogP contribution in [-0.4, -0.2) is 39.4 Å². The van der Waals surface area contributed by atoms with E-state index < -0.39 is 10.2 Å². The third-order valence-corrected chi connectivity index (χ3v) is 4.79. The van der Waals surface area contributed by atoms with Crippen molar-refractivity contribution in [1.82, 2.24) is 9.62 Å². The van der Waals surface area contributed by atoms with Crippen LogP contribution in [0.3, 0.4) is 0 Å². The van der Waals surface area contributed by atoms with Crippen LogP contribution in [0.2, 0.25) is 0 Å². The maximum absolute atomic E-state index is 12.0. The zero-order chi connectivity index (χ0) is 14.3. The van der Waals surface area contributed by atoms with E-state index in [9.17, 15) is 8.42 Å². The van der Waals surface area contributed by atoms with Crippen molar-refractivity contribution in [3.63, 3.8) is 0 Å². The molecular weight excluding hydrogens is 377 g/mol. The van der Waals surface area contributed by atoms with Crippen LogP contribution in [-0.2, 0) is 10.2 Å². The molecule has 0 heterocycles. The summed E-state index contributed by atoms with van der Waals surface area (Å²) in [7, 11) is -1.88. The van der Waals surface area contributed by atoms with Crippen molar-refractivity contribution in [2.75, 3.05) is 31.4 Å². The Hall–Kier alpha value is -0.380. The number of hydrogen-bond acceptors (Lipinski definition) is 3. The number of rotatable bonds is 8. The van der Waals surface area contributed by atoms with Gasteiger partial charge >= 0.3 is 10.2 Å². The average Bonchev–Trinajstić information content (AvgIpc) is 2.37. The molecule has 0 unspecified atom stereocenters. The molecule has 0 fully saturated rings. The fraction of sp³-hybridized carbons (Fsp3) is 0.500. The van der Waals surface area contributed by atoms with E-state index in [1.807, 2.05) is 19.1 Å². The molecule has 0 saturated heterocycles. The number of nitrogens with one attached hydrogen (secondary N) is 2. The van der Waals surface area contributed by atoms with Gasteiger partial charge in [0.2, 0.25) is 0 Å². The number of nitrogens with zero attached hydrogens (tertiary/aromatic N) is 1. The van der Waals surface area contributed by atoms with Gasteiger partial charge in [0.05, 0.1) is 0 Å². The molecule has 0 radical (unpaired) electrons. The Bertz CT molecular complexity index is 476. The van der Waals surface area contributed by atoms with Gasteiger partial charge in [-0.05, 0) is 66.4 Å². The molecule has 0 aliphatic carbocycles. The molecular formula is C12H20IN3O2S. The maximum Gasteiger partial charge on any atom is 0.301 e. The van der Waals surface area contributed by atoms with Gasteiger partial charge in [-0.2, -0.15) is 12.7 Å². The van der Waals surface area contributed by atoms with Gasteiger partial charge in [-0.25, -0.2) is 0 Å². The van der Waals surface area contributed by atoms with Crippen LogP contribution in [0.1, 0.15) is 13.3 Å². The minimum absolute atomic E-state index is 0.493. The molecule has 0 saturated carbocycles. The van der Waals surface area contributed by atoms with Crippen molar-refractivity contribution in [1.29, 1.82) is 0 Å². The van der Waals surface area contributed by atoms with Crippen molar-refractivity contribution in [3.8, 4) is 0 Å². The van der Waals surface area contributed by atoms with Gasteiger partial charge in [0.15, 0.2) is 0 Å². The number of hydrogen-bond donors (Lipinski definition) is 2. The Morgan fingerprint density at radius 3 is 2.47 bits per heavy atom. The first-order chi connectivity index (χ1) is 8.95. The first-order valence-corrected chi connectivity index (χ1v) is 8.68. The third kappa shape index (κ3) is 6.07. The lowest BCUT2D eigenvalue weighted by Gasteiger charge is -2.18. The summed E-state index contributed by atoms with van der Waals surface area (Å²) in [6.07, 6.45) is 0.790. The zero-order valence-electron chi connectivity index (χ0n) is 11.2. The maximum atomic E-state index is 12.0. The van der Waals surface area contributed by atoms with Gasteiger partial charge in [-0.1, -0.05) is 6.92 Å². The highest BCUT2D eigenvalue weighted by atomic mass is 127. The molecule has 0 spiro atoms. The normalized spacial score (nSPS) is 11.8. The summed E-state index contributed by atoms with van der Waals surface area (Å²) in [5.74, 6) is 0. The summed E-state index contributed by atoms with van der Waals surface area (Å²) in [6.45, 7) is 4.24. The minimum Gasteiger partial charge on any atom is -0.317 e. The third-order valence-electron chi connectivity index (χ3n) is 2.58. The second kappa shape index (κ2) is 8.03. The van der Waals surface area contributed by atoms with Gasteiger partial charge in [-0.15, -0.1) is 0 Å². The Labute approximate surface area is 129 Å². The van der Waals surface area contributed by atoms with Crippen LogP contribution in [0.5, 0.6) is 0 Å². The van der Waals surface area contributed by atoms with Gasteiger partial charge in [0.25, 0.3) is 0 Å². The molecule has 2 N–H and O–H groups in total. The Morgan fingerprint density at radius 1 is 1.26 bits per heavy atom. The van der Waals surface area contributed by atoms with E-state index in [0.29, 0.717) is 12.2 Å². The first kappa shape index (κ1) is 16.7. The molecule has 0 aliphatic rings. The van der Waals surface area contributed by atoms with Crippen LogP contribution in [0.4, 0.5) is 5.69 Å². The summed E-state index contributed by atoms with van der Waals surface area (Å²) < 4.78 is 29.0. The molecule has 0 bridgehead atoms. The van der Waals surface area contributed by atoms with Crippen molar-refractivity contribution in [3.05, 3.63) is 27.8 Å². The van der Waals surface area contributed by atoms with Crippen molar-refractivity contribution >= 4 is 38.5 Å². The SMILES string of the molecule is CCNCCCN(C)S(=O)(=O)Nc1ccc(I)cc1. The van der Waals surface area contributed by atoms with Gasteiger partial charge in [-0.3, -0.25) is 4.72 Å². The van der Waals surface area contributed by atoms with Gasteiger partial charge in [0.1, 0.15) is 0 Å². The summed E-state index contributed by atoms with van der Waals surface area (Å²) in [6, 6.07) is 7.24. The van der Waals surface area contributed by atoms with E-state index in [4.69, 9.17) is 0 Å². The highest BCUT2D eigenvalue weighted by Crippen LogP contribution is 2.13. The lowest BCUT2D eigenvalue weighted by atomic mass is 10.3. The molecule has 5 nitrogen and oxygen atoms in total. The van der Waals surface area contributed by atoms with Crippen LogP contribution in [0, 0.1) is 3.57 Å². The van der Waals surface area contributed by atoms with E-state index in [1.165, 1.54) is 4.31 Å². The number of anilines is 1. The number of benzene rings is 1. The van der Waals surface area contributed by atoms with Crippen molar-refractivity contribution < 1.29 is 8.42 Å². The van der Waals surface area contributed by atoms with Crippen LogP contribution in [0.15, 0.2) is 24.3 Å². The Balaban J connectivity index is 2.52. The smallest absolute Gasteiger partial charge is 0.301 e. The van der Waals surface area contributed by atoms with Crippen LogP contribution < -0.4 is 10.0 Å². The molecule has 0 atom stereocenters. The Kier molecular flexibility index (Phi) is 7.05. The van der Waals surface area contributed by atoms with Crippen LogP contribution in [0.25, 0.3) is 0 Å². The molecule has 1 aromatic rings. The minimum atomic E-state index is -3.46. The van der Waals surface area contributed by atoms with Crippen molar-refractivity contribution in [2.45, 2.75) is 13.3 Å². The average molecular weight is 397 g/mol. The lowest BCUT2D eigenvalue weighted by molar-refractivity contribution is 0.459. The molecule has 7 heteroatoms. The highest BCUT2D eigenvalue weighted by Gasteiger charge is 2.16. The summed E-state index contributed by atoms with van der Waals surface area (Å²) in [4.78, 5) is 0. The fourth-order valence-corrected chi connectivity index (χ4v) is 2.79. The highest BCUT2D eigenvalue weighted by molar-refractivity contribution is 14.1. The molecule has 1 rings (SSSR count). The molecule has 19 heavy (non-hydrogen) atoms. The number of halogens is 1. The summed E-state index contributed by atoms with van der Waals surface area (Å²) >= 11 is 2.18. The predicted octanol–water partition coefficient (Wildman–Crippen LogP) is 1.88. The van der Waals surface area contributed by atoms with E-state index in [0.717, 1.165) is 23.1 Å². The van der Waals surface area contributed by atoms with Crippen LogP contribution >= 0.6 is 22.6 Å². The van der Waals surface area contributed by atoms with E-state index in [-0.39, 0.29) is 0 Å². The molecule has 0 amide bonds. The van der Waals surface area contributed by atoms with E-state index >= 15 is 0 Å². The molecule has 0 aromatic heterocycles. The topological polar surface area (TPSA) is 61.4 Å². The molecule has 108 valence electrons. The van der Waals surface area contributed by atoms with E-state index in [2.05, 4.69) is 32.6 Å². The van der Waals surface area contributed by atoms with E-state index in [1.54, 1.807) is 19.2 Å². The predicted molar refractivity (Wildman–Crippen MR) is 87.5 cm³/mol. The largest absolute Gasteiger partial charge is 0.317 e. The second-order valence-corrected chi connectivity index (χ2v) is 7.17.